The van der Waals surface area contributed by atoms with Gasteiger partial charge in [0.2, 0.25) is 11.8 Å². The van der Waals surface area contributed by atoms with Crippen LogP contribution in [-0.4, -0.2) is 66.3 Å². The molecule has 2 aromatic rings. The van der Waals surface area contributed by atoms with Crippen molar-refractivity contribution in [1.82, 2.24) is 4.90 Å². The van der Waals surface area contributed by atoms with Gasteiger partial charge in [-0.15, -0.1) is 0 Å². The van der Waals surface area contributed by atoms with Crippen LogP contribution in [0.1, 0.15) is 68.6 Å². The molecule has 2 fully saturated rings. The Labute approximate surface area is 252 Å². The average Bonchev–Trinajstić information content (AvgIpc) is 3.28. The summed E-state index contributed by atoms with van der Waals surface area (Å²) in [6.07, 6.45) is 6.98. The van der Waals surface area contributed by atoms with E-state index in [1.165, 1.54) is 17.5 Å². The predicted molar refractivity (Wildman–Crippen MR) is 168 cm³/mol. The number of hydrogen-bond donors (Lipinski definition) is 2. The smallest absolute Gasteiger partial charge is 0.226 e. The number of benzene rings is 2. The van der Waals surface area contributed by atoms with Crippen molar-refractivity contribution in [2.45, 2.75) is 108 Å². The largest absolute Gasteiger partial charge is 0.432 e. The number of nitrogens with zero attached hydrogens (tertiary/aromatic N) is 2. The van der Waals surface area contributed by atoms with Crippen LogP contribution in [0.15, 0.2) is 48.5 Å². The number of aryl methyl sites for hydroxylation is 1. The van der Waals surface area contributed by atoms with Crippen LogP contribution in [0, 0.1) is 5.92 Å². The second kappa shape index (κ2) is 13.4. The first-order valence-corrected chi connectivity index (χ1v) is 18.9. The van der Waals surface area contributed by atoms with Crippen molar-refractivity contribution in [2.75, 3.05) is 18.1 Å². The molecule has 2 amide bonds. The van der Waals surface area contributed by atoms with Crippen molar-refractivity contribution in [3.05, 3.63) is 65.2 Å². The summed E-state index contributed by atoms with van der Waals surface area (Å²) in [7, 11) is -2.64. The lowest BCUT2D eigenvalue weighted by atomic mass is 9.93. The molecule has 0 aliphatic carbocycles. The van der Waals surface area contributed by atoms with E-state index in [0.29, 0.717) is 19.4 Å². The quantitative estimate of drug-likeness (QED) is 0.410. The van der Waals surface area contributed by atoms with Crippen LogP contribution < -0.4 is 4.90 Å². The second-order valence-electron chi connectivity index (χ2n) is 13.2. The van der Waals surface area contributed by atoms with Crippen LogP contribution in [-0.2, 0) is 33.7 Å². The monoisotopic (exact) mass is 592 g/mol. The Balaban J connectivity index is 1.26. The molecule has 0 radical (unpaired) electrons. The molecule has 0 unspecified atom stereocenters. The standard InChI is InChI=1S/C34H48N2O5Si/c1-24-30(17-16-25-11-10-14-28(19-25)35-18-9-5-4-6-15-32(35)38)41-31(34(24)42(2,3)40)21-33(39)36-22-27-13-8-7-12-26(27)20-29(36)23-37/h7-8,10-14,19,24,29-31,34,37,40H,4-6,9,15-18,20-23H2,1-3H3/t24-,29-,30+,31-,34+/m0/s1. The number of aliphatic hydroxyl groups is 1. The lowest BCUT2D eigenvalue weighted by Gasteiger charge is -2.37. The first-order valence-electron chi connectivity index (χ1n) is 15.9. The Morgan fingerprint density at radius 1 is 1.02 bits per heavy atom. The van der Waals surface area contributed by atoms with Crippen molar-refractivity contribution in [3.8, 4) is 0 Å². The van der Waals surface area contributed by atoms with Gasteiger partial charge in [0.05, 0.1) is 31.3 Å². The molecule has 0 aromatic heterocycles. The van der Waals surface area contributed by atoms with Gasteiger partial charge >= 0.3 is 0 Å². The van der Waals surface area contributed by atoms with Crippen LogP contribution in [0.2, 0.25) is 18.6 Å². The zero-order valence-electron chi connectivity index (χ0n) is 25.5. The molecular formula is C34H48N2O5Si. The zero-order valence-corrected chi connectivity index (χ0v) is 26.5. The first kappa shape index (κ1) is 30.9. The summed E-state index contributed by atoms with van der Waals surface area (Å²) in [5.74, 6) is 0.324. The molecule has 2 aromatic carbocycles. The van der Waals surface area contributed by atoms with Gasteiger partial charge in [-0.05, 0) is 79.9 Å². The Kier molecular flexibility index (Phi) is 9.87. The number of hydrogen-bond acceptors (Lipinski definition) is 5. The third kappa shape index (κ3) is 6.99. The number of carbonyl (C=O) groups is 2. The van der Waals surface area contributed by atoms with Crippen LogP contribution in [0.5, 0.6) is 0 Å². The molecule has 3 aliphatic heterocycles. The van der Waals surface area contributed by atoms with Gasteiger partial charge in [0.1, 0.15) is 0 Å². The summed E-state index contributed by atoms with van der Waals surface area (Å²) >= 11 is 0. The molecule has 228 valence electrons. The summed E-state index contributed by atoms with van der Waals surface area (Å²) in [5.41, 5.74) is 4.41. The molecule has 0 saturated carbocycles. The minimum Gasteiger partial charge on any atom is -0.432 e. The minimum absolute atomic E-state index is 0.0183. The summed E-state index contributed by atoms with van der Waals surface area (Å²) in [4.78, 5) is 41.6. The Bertz CT molecular complexity index is 1250. The van der Waals surface area contributed by atoms with Gasteiger partial charge in [-0.25, -0.2) is 0 Å². The fourth-order valence-electron chi connectivity index (χ4n) is 7.56. The first-order chi connectivity index (χ1) is 20.2. The highest BCUT2D eigenvalue weighted by atomic mass is 28.4. The molecule has 5 rings (SSSR count). The van der Waals surface area contributed by atoms with E-state index in [-0.39, 0.29) is 54.6 Å². The van der Waals surface area contributed by atoms with Crippen molar-refractivity contribution in [3.63, 3.8) is 0 Å². The molecule has 2 saturated heterocycles. The normalized spacial score (nSPS) is 27.0. The number of carbonyl (C=O) groups excluding carboxylic acids is 2. The van der Waals surface area contributed by atoms with E-state index >= 15 is 0 Å². The van der Waals surface area contributed by atoms with Gasteiger partial charge in [-0.3, -0.25) is 9.59 Å². The summed E-state index contributed by atoms with van der Waals surface area (Å²) in [5, 5.41) is 10.1. The number of ether oxygens (including phenoxy) is 1. The fraction of sp³-hybridized carbons (Fsp3) is 0.588. The van der Waals surface area contributed by atoms with Crippen LogP contribution in [0.4, 0.5) is 5.69 Å². The van der Waals surface area contributed by atoms with Gasteiger partial charge in [0, 0.05) is 30.7 Å². The van der Waals surface area contributed by atoms with Gasteiger partial charge in [-0.1, -0.05) is 56.2 Å². The topological polar surface area (TPSA) is 90.3 Å². The van der Waals surface area contributed by atoms with Crippen molar-refractivity contribution >= 4 is 25.8 Å². The molecule has 8 heteroatoms. The number of anilines is 1. The second-order valence-corrected chi connectivity index (χ2v) is 17.2. The number of rotatable bonds is 8. The van der Waals surface area contributed by atoms with Crippen molar-refractivity contribution in [1.29, 1.82) is 0 Å². The summed E-state index contributed by atoms with van der Waals surface area (Å²) in [6.45, 7) is 7.26. The maximum atomic E-state index is 13.7. The molecule has 0 bridgehead atoms. The molecular weight excluding hydrogens is 544 g/mol. The summed E-state index contributed by atoms with van der Waals surface area (Å²) < 4.78 is 6.63. The Hall–Kier alpha value is -2.52. The molecule has 2 N–H and O–H groups in total. The van der Waals surface area contributed by atoms with Crippen LogP contribution in [0.3, 0.4) is 0 Å². The average molecular weight is 593 g/mol. The van der Waals surface area contributed by atoms with E-state index in [4.69, 9.17) is 4.74 Å². The number of amides is 2. The number of fused-ring (bicyclic) bond motifs is 1. The fourth-order valence-corrected chi connectivity index (χ4v) is 10.2. The predicted octanol–water partition coefficient (Wildman–Crippen LogP) is 5.22. The van der Waals surface area contributed by atoms with Crippen LogP contribution >= 0.6 is 0 Å². The van der Waals surface area contributed by atoms with Gasteiger partial charge < -0.3 is 24.4 Å². The maximum Gasteiger partial charge on any atom is 0.226 e. The van der Waals surface area contributed by atoms with E-state index in [1.807, 2.05) is 47.2 Å². The minimum atomic E-state index is -2.64. The van der Waals surface area contributed by atoms with Gasteiger partial charge in [0.25, 0.3) is 0 Å². The van der Waals surface area contributed by atoms with Gasteiger partial charge in [0.15, 0.2) is 8.32 Å². The molecule has 0 spiro atoms. The molecule has 3 heterocycles. The van der Waals surface area contributed by atoms with E-state index in [1.54, 1.807) is 0 Å². The third-order valence-corrected chi connectivity index (χ3v) is 12.3. The summed E-state index contributed by atoms with van der Waals surface area (Å²) in [6, 6.07) is 16.2. The Morgan fingerprint density at radius 3 is 2.55 bits per heavy atom. The van der Waals surface area contributed by atoms with Crippen molar-refractivity contribution in [2.24, 2.45) is 5.92 Å². The van der Waals surface area contributed by atoms with Gasteiger partial charge in [-0.2, -0.15) is 0 Å². The lowest BCUT2D eigenvalue weighted by Crippen LogP contribution is -2.48. The zero-order chi connectivity index (χ0) is 29.9. The van der Waals surface area contributed by atoms with Crippen LogP contribution in [0.25, 0.3) is 0 Å². The molecule has 3 aliphatic rings. The highest BCUT2D eigenvalue weighted by Crippen LogP contribution is 2.46. The highest BCUT2D eigenvalue weighted by Gasteiger charge is 2.50. The van der Waals surface area contributed by atoms with Crippen molar-refractivity contribution < 1.29 is 24.2 Å². The maximum absolute atomic E-state index is 13.7. The number of aliphatic hydroxyl groups excluding tert-OH is 1. The van der Waals surface area contributed by atoms with E-state index in [0.717, 1.165) is 49.9 Å². The van der Waals surface area contributed by atoms with E-state index in [9.17, 15) is 19.5 Å². The third-order valence-electron chi connectivity index (χ3n) is 9.74. The highest BCUT2D eigenvalue weighted by molar-refractivity contribution is 6.71. The van der Waals surface area contributed by atoms with E-state index < -0.39 is 8.32 Å². The lowest BCUT2D eigenvalue weighted by molar-refractivity contribution is -0.138. The molecule has 7 nitrogen and oxygen atoms in total. The van der Waals surface area contributed by atoms with E-state index in [2.05, 4.69) is 31.2 Å². The molecule has 5 atom stereocenters. The Morgan fingerprint density at radius 2 is 1.79 bits per heavy atom. The molecule has 42 heavy (non-hydrogen) atoms. The SMILES string of the molecule is C[C@@H]1[C@@H]([Si](C)(C)O)[C@H](CC(=O)N2Cc3ccccc3C[C@H]2CO)O[C@@H]1CCc1cccc(N2CCCCCCC2=O)c1.